The van der Waals surface area contributed by atoms with Crippen LogP contribution in [0.1, 0.15) is 0 Å². The first-order chi connectivity index (χ1) is 16.2. The average Bonchev–Trinajstić information content (AvgIpc) is 3.48. The molecule has 0 radical (unpaired) electrons. The van der Waals surface area contributed by atoms with Crippen molar-refractivity contribution >= 4 is 34.3 Å². The lowest BCUT2D eigenvalue weighted by Crippen LogP contribution is -2.14. The van der Waals surface area contributed by atoms with Crippen molar-refractivity contribution in [3.63, 3.8) is 0 Å². The van der Waals surface area contributed by atoms with Gasteiger partial charge in [-0.05, 0) is 48.5 Å². The minimum atomic E-state index is -0.141. The minimum absolute atomic E-state index is 0.141. The zero-order valence-corrected chi connectivity index (χ0v) is 18.6. The van der Waals surface area contributed by atoms with E-state index >= 15 is 0 Å². The fourth-order valence-corrected chi connectivity index (χ4v) is 4.18. The van der Waals surface area contributed by atoms with E-state index in [4.69, 9.17) is 9.15 Å². The Hall–Kier alpha value is -4.04. The lowest BCUT2D eigenvalue weighted by molar-refractivity contribution is -0.113. The van der Waals surface area contributed by atoms with Gasteiger partial charge >= 0.3 is 0 Å². The van der Waals surface area contributed by atoms with Crippen LogP contribution in [0.4, 0.5) is 5.69 Å². The molecule has 1 N–H and O–H groups in total. The number of fused-ring (bicyclic) bond motifs is 1. The molecule has 1 amide bonds. The fourth-order valence-electron chi connectivity index (χ4n) is 3.43. The highest BCUT2D eigenvalue weighted by Crippen LogP contribution is 2.31. The van der Waals surface area contributed by atoms with Crippen LogP contribution in [-0.4, -0.2) is 33.5 Å². The summed E-state index contributed by atoms with van der Waals surface area (Å²) in [4.78, 5) is 12.5. The molecule has 0 fully saturated rings. The first-order valence-corrected chi connectivity index (χ1v) is 11.3. The molecule has 0 aliphatic rings. The molecule has 0 bridgehead atoms. The number of ether oxygens (including phenoxy) is 1. The summed E-state index contributed by atoms with van der Waals surface area (Å²) >= 11 is 1.31. The molecule has 0 unspecified atom stereocenters. The normalized spacial score (nSPS) is 10.9. The SMILES string of the molecule is COc1ccc(NC(=O)CSc2nnc(-c3cc4ccccc4o3)n2-c2ccccc2)cc1. The van der Waals surface area contributed by atoms with Crippen molar-refractivity contribution in [2.24, 2.45) is 0 Å². The highest BCUT2D eigenvalue weighted by molar-refractivity contribution is 7.99. The van der Waals surface area contributed by atoms with Gasteiger partial charge in [-0.15, -0.1) is 10.2 Å². The van der Waals surface area contributed by atoms with Gasteiger partial charge in [0, 0.05) is 16.8 Å². The number of hydrogen-bond donors (Lipinski definition) is 1. The molecule has 0 spiro atoms. The minimum Gasteiger partial charge on any atom is -0.497 e. The van der Waals surface area contributed by atoms with Gasteiger partial charge in [0.05, 0.1) is 12.9 Å². The summed E-state index contributed by atoms with van der Waals surface area (Å²) in [6.45, 7) is 0. The molecular formula is C25H20N4O3S. The van der Waals surface area contributed by atoms with Crippen LogP contribution in [0.3, 0.4) is 0 Å². The van der Waals surface area contributed by atoms with Gasteiger partial charge in [0.15, 0.2) is 10.9 Å². The van der Waals surface area contributed by atoms with E-state index < -0.39 is 0 Å². The molecule has 164 valence electrons. The van der Waals surface area contributed by atoms with Crippen molar-refractivity contribution in [3.05, 3.63) is 84.9 Å². The third-order valence-electron chi connectivity index (χ3n) is 5.00. The third kappa shape index (κ3) is 4.47. The van der Waals surface area contributed by atoms with E-state index in [9.17, 15) is 4.79 Å². The molecule has 0 saturated heterocycles. The van der Waals surface area contributed by atoms with Crippen LogP contribution in [0.2, 0.25) is 0 Å². The van der Waals surface area contributed by atoms with Crippen molar-refractivity contribution in [1.82, 2.24) is 14.8 Å². The van der Waals surface area contributed by atoms with Crippen LogP contribution in [0, 0.1) is 0 Å². The molecule has 5 rings (SSSR count). The smallest absolute Gasteiger partial charge is 0.234 e. The predicted octanol–water partition coefficient (Wildman–Crippen LogP) is 5.42. The zero-order chi connectivity index (χ0) is 22.6. The molecule has 0 atom stereocenters. The number of furan rings is 1. The van der Waals surface area contributed by atoms with Crippen LogP contribution < -0.4 is 10.1 Å². The summed E-state index contributed by atoms with van der Waals surface area (Å²) in [6, 6.07) is 26.7. The van der Waals surface area contributed by atoms with Gasteiger partial charge in [0.25, 0.3) is 0 Å². The van der Waals surface area contributed by atoms with Gasteiger partial charge in [0.2, 0.25) is 11.7 Å². The van der Waals surface area contributed by atoms with Crippen molar-refractivity contribution in [2.45, 2.75) is 5.16 Å². The summed E-state index contributed by atoms with van der Waals surface area (Å²) in [5, 5.41) is 13.2. The van der Waals surface area contributed by atoms with E-state index in [1.165, 1.54) is 11.8 Å². The molecule has 0 aliphatic heterocycles. The van der Waals surface area contributed by atoms with Gasteiger partial charge in [0.1, 0.15) is 11.3 Å². The van der Waals surface area contributed by atoms with Crippen molar-refractivity contribution in [3.8, 4) is 23.0 Å². The molecule has 0 aliphatic carbocycles. The lowest BCUT2D eigenvalue weighted by Gasteiger charge is -2.09. The van der Waals surface area contributed by atoms with Crippen molar-refractivity contribution in [1.29, 1.82) is 0 Å². The van der Waals surface area contributed by atoms with Crippen LogP contribution in [0.25, 0.3) is 28.2 Å². The molecule has 2 heterocycles. The summed E-state index contributed by atoms with van der Waals surface area (Å²) in [6.07, 6.45) is 0. The Morgan fingerprint density at radius 1 is 1.00 bits per heavy atom. The summed E-state index contributed by atoms with van der Waals surface area (Å²) < 4.78 is 13.1. The Balaban J connectivity index is 1.40. The number of aromatic nitrogens is 3. The number of nitrogens with zero attached hydrogens (tertiary/aromatic N) is 3. The predicted molar refractivity (Wildman–Crippen MR) is 129 cm³/mol. The number of rotatable bonds is 7. The highest BCUT2D eigenvalue weighted by atomic mass is 32.2. The number of nitrogens with one attached hydrogen (secondary N) is 1. The molecule has 0 saturated carbocycles. The fraction of sp³-hybridized carbons (Fsp3) is 0.0800. The number of benzene rings is 3. The van der Waals surface area contributed by atoms with Crippen molar-refractivity contribution in [2.75, 3.05) is 18.2 Å². The molecule has 8 heteroatoms. The number of hydrogen-bond acceptors (Lipinski definition) is 6. The van der Waals surface area contributed by atoms with Crippen LogP contribution in [0.5, 0.6) is 5.75 Å². The lowest BCUT2D eigenvalue weighted by atomic mass is 10.2. The van der Waals surface area contributed by atoms with Gasteiger partial charge in [-0.25, -0.2) is 0 Å². The Morgan fingerprint density at radius 2 is 1.76 bits per heavy atom. The van der Waals surface area contributed by atoms with Gasteiger partial charge in [-0.3, -0.25) is 9.36 Å². The number of carbonyl (C=O) groups excluding carboxylic acids is 1. The van der Waals surface area contributed by atoms with Gasteiger partial charge < -0.3 is 14.5 Å². The van der Waals surface area contributed by atoms with E-state index in [1.54, 1.807) is 31.4 Å². The molecular weight excluding hydrogens is 436 g/mol. The largest absolute Gasteiger partial charge is 0.497 e. The van der Waals surface area contributed by atoms with E-state index in [2.05, 4.69) is 15.5 Å². The van der Waals surface area contributed by atoms with E-state index in [-0.39, 0.29) is 11.7 Å². The maximum atomic E-state index is 12.5. The summed E-state index contributed by atoms with van der Waals surface area (Å²) in [5.74, 6) is 1.96. The summed E-state index contributed by atoms with van der Waals surface area (Å²) in [7, 11) is 1.60. The number of anilines is 1. The third-order valence-corrected chi connectivity index (χ3v) is 5.93. The number of methoxy groups -OCH3 is 1. The Kier molecular flexibility index (Phi) is 5.82. The molecule has 7 nitrogen and oxygen atoms in total. The number of amides is 1. The zero-order valence-electron chi connectivity index (χ0n) is 17.8. The van der Waals surface area contributed by atoms with E-state index in [0.29, 0.717) is 22.4 Å². The quantitative estimate of drug-likeness (QED) is 0.329. The van der Waals surface area contributed by atoms with Crippen molar-refractivity contribution < 1.29 is 13.9 Å². The van der Waals surface area contributed by atoms with Crippen LogP contribution in [0.15, 0.2) is 94.5 Å². The van der Waals surface area contributed by atoms with Crippen LogP contribution >= 0.6 is 11.8 Å². The first kappa shape index (κ1) is 20.8. The standard InChI is InChI=1S/C25H20N4O3S/c1-31-20-13-11-18(12-14-20)26-23(30)16-33-25-28-27-24(29(25)19-8-3-2-4-9-19)22-15-17-7-5-6-10-21(17)32-22/h2-15H,16H2,1H3,(H,26,30). The monoisotopic (exact) mass is 456 g/mol. The second-order valence-corrected chi connectivity index (χ2v) is 8.13. The highest BCUT2D eigenvalue weighted by Gasteiger charge is 2.20. The average molecular weight is 457 g/mol. The second-order valence-electron chi connectivity index (χ2n) is 7.19. The van der Waals surface area contributed by atoms with Gasteiger partial charge in [-0.1, -0.05) is 48.2 Å². The second kappa shape index (κ2) is 9.22. The molecule has 3 aromatic carbocycles. The Morgan fingerprint density at radius 3 is 2.52 bits per heavy atom. The molecule has 33 heavy (non-hydrogen) atoms. The number of thioether (sulfide) groups is 1. The Labute approximate surface area is 194 Å². The van der Waals surface area contributed by atoms with Gasteiger partial charge in [-0.2, -0.15) is 0 Å². The van der Waals surface area contributed by atoms with E-state index in [0.717, 1.165) is 22.4 Å². The van der Waals surface area contributed by atoms with E-state index in [1.807, 2.05) is 65.2 Å². The summed E-state index contributed by atoms with van der Waals surface area (Å²) in [5.41, 5.74) is 2.37. The number of para-hydroxylation sites is 2. The topological polar surface area (TPSA) is 82.2 Å². The molecule has 5 aromatic rings. The number of carbonyl (C=O) groups is 1. The maximum Gasteiger partial charge on any atom is 0.234 e. The maximum absolute atomic E-state index is 12.5. The molecule has 2 aromatic heterocycles. The first-order valence-electron chi connectivity index (χ1n) is 10.3. The Bertz CT molecular complexity index is 1360. The van der Waals surface area contributed by atoms with Crippen LogP contribution in [-0.2, 0) is 4.79 Å².